The molecule has 0 bridgehead atoms. The Morgan fingerprint density at radius 2 is 1.96 bits per heavy atom. The second kappa shape index (κ2) is 13.7. The maximum Gasteiger partial charge on any atom is 0.0597 e. The Balaban J connectivity index is 0.000000346. The molecule has 1 aliphatic carbocycles. The van der Waals surface area contributed by atoms with E-state index in [9.17, 15) is 0 Å². The number of ether oxygens (including phenoxy) is 1. The molecule has 1 aromatic heterocycles. The molecule has 1 aliphatic rings. The normalized spacial score (nSPS) is 13.9. The fourth-order valence-electron chi connectivity index (χ4n) is 2.80. The Bertz CT molecular complexity index is 710. The summed E-state index contributed by atoms with van der Waals surface area (Å²) in [6.45, 7) is 11.2. The number of rotatable bonds is 7. The maximum atomic E-state index is 4.79. The van der Waals surface area contributed by atoms with Crippen molar-refractivity contribution in [2.75, 3.05) is 13.7 Å². The van der Waals surface area contributed by atoms with Crippen LogP contribution in [0.5, 0.6) is 0 Å². The number of para-hydroxylation sites is 1. The van der Waals surface area contributed by atoms with Crippen LogP contribution in [-0.4, -0.2) is 17.7 Å². The quantitative estimate of drug-likeness (QED) is 0.353. The summed E-state index contributed by atoms with van der Waals surface area (Å²) in [4.78, 5) is 1.38. The topological polar surface area (TPSA) is 14.2 Å². The van der Waals surface area contributed by atoms with Crippen LogP contribution in [0, 0.1) is 0 Å². The van der Waals surface area contributed by atoms with Gasteiger partial charge in [0.15, 0.2) is 0 Å². The Labute approximate surface area is 170 Å². The first-order chi connectivity index (χ1) is 13.2. The fraction of sp³-hybridized carbons (Fsp3) is 0.500. The van der Waals surface area contributed by atoms with Gasteiger partial charge in [0.1, 0.15) is 0 Å². The predicted octanol–water partition coefficient (Wildman–Crippen LogP) is 7.95. The molecule has 0 amide bonds. The van der Waals surface area contributed by atoms with E-state index in [1.54, 1.807) is 12.7 Å². The summed E-state index contributed by atoms with van der Waals surface area (Å²) in [5.41, 5.74) is 2.90. The number of aromatic nitrogens is 1. The van der Waals surface area contributed by atoms with Gasteiger partial charge < -0.3 is 4.74 Å². The molecule has 3 rings (SSSR count). The van der Waals surface area contributed by atoms with Crippen LogP contribution >= 0.6 is 11.9 Å². The van der Waals surface area contributed by atoms with Gasteiger partial charge in [0.25, 0.3) is 0 Å². The van der Waals surface area contributed by atoms with Gasteiger partial charge in [-0.1, -0.05) is 57.2 Å². The molecule has 1 heterocycles. The van der Waals surface area contributed by atoms with Crippen LogP contribution in [0.2, 0.25) is 0 Å². The molecular formula is C24H37NOS. The molecule has 27 heavy (non-hydrogen) atoms. The van der Waals surface area contributed by atoms with Gasteiger partial charge in [-0.05, 0) is 73.9 Å². The fourth-order valence-corrected chi connectivity index (χ4v) is 3.78. The number of nitrogens with zero attached hydrogens (tertiary/aromatic N) is 1. The Hall–Kier alpha value is -1.45. The van der Waals surface area contributed by atoms with Crippen LogP contribution in [0.15, 0.2) is 53.6 Å². The Morgan fingerprint density at radius 1 is 1.26 bits per heavy atom. The van der Waals surface area contributed by atoms with Crippen LogP contribution in [0.1, 0.15) is 71.8 Å². The summed E-state index contributed by atoms with van der Waals surface area (Å²) in [5, 5.41) is 1.44. The predicted molar refractivity (Wildman–Crippen MR) is 124 cm³/mol. The Morgan fingerprint density at radius 3 is 2.56 bits per heavy atom. The van der Waals surface area contributed by atoms with Crippen molar-refractivity contribution in [3.8, 4) is 0 Å². The number of allylic oxidation sites excluding steroid dienone is 3. The third kappa shape index (κ3) is 7.98. The molecule has 0 saturated heterocycles. The highest BCUT2D eigenvalue weighted by Crippen LogP contribution is 2.44. The molecular weight excluding hydrogens is 350 g/mol. The van der Waals surface area contributed by atoms with Gasteiger partial charge in [0, 0.05) is 25.3 Å². The van der Waals surface area contributed by atoms with E-state index in [1.807, 2.05) is 38.8 Å². The minimum absolute atomic E-state index is 0.812. The molecule has 3 heteroatoms. The average Bonchev–Trinajstić information content (AvgIpc) is 3.48. The van der Waals surface area contributed by atoms with Gasteiger partial charge in [-0.25, -0.2) is 0 Å². The zero-order valence-electron chi connectivity index (χ0n) is 18.0. The molecule has 0 N–H and O–H groups in total. The molecule has 0 spiro atoms. The molecule has 0 atom stereocenters. The van der Waals surface area contributed by atoms with Crippen LogP contribution in [-0.2, 0) is 4.74 Å². The summed E-state index contributed by atoms with van der Waals surface area (Å²) in [5.74, 6) is 0.812. The average molecular weight is 388 g/mol. The summed E-state index contributed by atoms with van der Waals surface area (Å²) in [6.07, 6.45) is 13.6. The van der Waals surface area contributed by atoms with E-state index in [0.29, 0.717) is 0 Å². The molecule has 0 aliphatic heterocycles. The van der Waals surface area contributed by atoms with Crippen molar-refractivity contribution in [2.45, 2.75) is 66.2 Å². The summed E-state index contributed by atoms with van der Waals surface area (Å²) in [7, 11) is 1.71. The maximum absolute atomic E-state index is 4.79. The van der Waals surface area contributed by atoms with Gasteiger partial charge >= 0.3 is 0 Å². The minimum Gasteiger partial charge on any atom is -0.384 e. The highest BCUT2D eigenvalue weighted by molar-refractivity contribution is 8.01. The lowest BCUT2D eigenvalue weighted by molar-refractivity contribution is 0.204. The molecule has 2 nitrogen and oxygen atoms in total. The molecule has 2 aromatic rings. The van der Waals surface area contributed by atoms with E-state index in [1.165, 1.54) is 28.6 Å². The Kier molecular flexibility index (Phi) is 12.0. The van der Waals surface area contributed by atoms with Crippen molar-refractivity contribution < 1.29 is 4.74 Å². The number of benzene rings is 1. The van der Waals surface area contributed by atoms with E-state index < -0.39 is 0 Å². The van der Waals surface area contributed by atoms with Gasteiger partial charge in [0.05, 0.1) is 5.52 Å². The number of methoxy groups -OCH3 is 1. The van der Waals surface area contributed by atoms with E-state index in [-0.39, 0.29) is 0 Å². The molecule has 150 valence electrons. The first kappa shape index (κ1) is 23.6. The number of hydrogen-bond donors (Lipinski definition) is 0. The van der Waals surface area contributed by atoms with Gasteiger partial charge in [-0.2, -0.15) is 0 Å². The van der Waals surface area contributed by atoms with E-state index >= 15 is 0 Å². The summed E-state index contributed by atoms with van der Waals surface area (Å²) in [6, 6.07) is 8.78. The van der Waals surface area contributed by atoms with Crippen molar-refractivity contribution in [2.24, 2.45) is 0 Å². The van der Waals surface area contributed by atoms with Crippen molar-refractivity contribution in [1.82, 2.24) is 3.97 Å². The van der Waals surface area contributed by atoms with Crippen molar-refractivity contribution in [3.63, 3.8) is 0 Å². The van der Waals surface area contributed by atoms with Crippen LogP contribution < -0.4 is 0 Å². The van der Waals surface area contributed by atoms with Crippen LogP contribution in [0.25, 0.3) is 10.9 Å². The van der Waals surface area contributed by atoms with E-state index in [0.717, 1.165) is 25.4 Å². The first-order valence-electron chi connectivity index (χ1n) is 10.3. The van der Waals surface area contributed by atoms with Crippen LogP contribution in [0.3, 0.4) is 0 Å². The van der Waals surface area contributed by atoms with E-state index in [4.69, 9.17) is 4.74 Å². The SMILES string of the molecule is C/C=C\CCOC.CC.CC/C=C(\C)Sn1cc(C2CC2)c2ccccc21. The van der Waals surface area contributed by atoms with Gasteiger partial charge in [-0.15, -0.1) is 0 Å². The highest BCUT2D eigenvalue weighted by atomic mass is 32.2. The van der Waals surface area contributed by atoms with Crippen molar-refractivity contribution in [3.05, 3.63) is 59.2 Å². The molecule has 1 saturated carbocycles. The third-order valence-corrected chi connectivity index (χ3v) is 5.14. The second-order valence-corrected chi connectivity index (χ2v) is 7.59. The zero-order valence-corrected chi connectivity index (χ0v) is 18.8. The zero-order chi connectivity index (χ0) is 20.1. The van der Waals surface area contributed by atoms with Crippen molar-refractivity contribution >= 4 is 22.9 Å². The molecule has 1 fully saturated rings. The van der Waals surface area contributed by atoms with E-state index in [2.05, 4.69) is 60.4 Å². The number of hydrogen-bond acceptors (Lipinski definition) is 2. The molecule has 0 radical (unpaired) electrons. The molecule has 0 unspecified atom stereocenters. The summed E-state index contributed by atoms with van der Waals surface area (Å²) >= 11 is 1.84. The van der Waals surface area contributed by atoms with Crippen LogP contribution in [0.4, 0.5) is 0 Å². The smallest absolute Gasteiger partial charge is 0.0597 e. The lowest BCUT2D eigenvalue weighted by Gasteiger charge is -2.03. The minimum atomic E-state index is 0.812. The molecule has 1 aromatic carbocycles. The summed E-state index contributed by atoms with van der Waals surface area (Å²) < 4.78 is 7.13. The monoisotopic (exact) mass is 387 g/mol. The largest absolute Gasteiger partial charge is 0.384 e. The van der Waals surface area contributed by atoms with Gasteiger partial charge in [0.2, 0.25) is 0 Å². The lowest BCUT2D eigenvalue weighted by Crippen LogP contribution is -1.83. The van der Waals surface area contributed by atoms with Crippen molar-refractivity contribution in [1.29, 1.82) is 0 Å². The second-order valence-electron chi connectivity index (χ2n) is 6.37. The standard InChI is InChI=1S/C16H19NS.C6H12O.C2H6/c1-3-6-12(2)18-17-11-15(13-9-10-13)14-7-4-5-8-16(14)17;1-3-4-5-6-7-2;1-2/h4-8,11,13H,3,9-10H2,1-2H3;3-4H,5-6H2,1-2H3;1-2H3/b12-6+;4-3-;. The van der Waals surface area contributed by atoms with Gasteiger partial charge in [-0.3, -0.25) is 3.97 Å². The third-order valence-electron chi connectivity index (χ3n) is 4.18. The highest BCUT2D eigenvalue weighted by Gasteiger charge is 2.27. The first-order valence-corrected chi connectivity index (χ1v) is 11.0. The number of fused-ring (bicyclic) bond motifs is 1. The lowest BCUT2D eigenvalue weighted by atomic mass is 10.1.